The Morgan fingerprint density at radius 2 is 1.56 bits per heavy atom. The van der Waals surface area contributed by atoms with Gasteiger partial charge in [0, 0.05) is 16.1 Å². The number of carbonyl (C=O) groups excluding carboxylic acids is 4. The van der Waals surface area contributed by atoms with Crippen LogP contribution in [0.1, 0.15) is 49.3 Å². The van der Waals surface area contributed by atoms with Crippen molar-refractivity contribution in [2.45, 2.75) is 13.8 Å². The molecule has 2 aromatic carbocycles. The number of ether oxygens (including phenoxy) is 2. The van der Waals surface area contributed by atoms with E-state index in [9.17, 15) is 19.2 Å². The van der Waals surface area contributed by atoms with E-state index in [0.717, 1.165) is 0 Å². The lowest BCUT2D eigenvalue weighted by Crippen LogP contribution is -2.23. The van der Waals surface area contributed by atoms with Crippen LogP contribution in [-0.4, -0.2) is 36.8 Å². The molecule has 10 heteroatoms. The summed E-state index contributed by atoms with van der Waals surface area (Å²) in [5.74, 6) is -2.46. The molecule has 3 aromatic rings. The number of aryl methyl sites for hydroxylation is 1. The molecule has 0 saturated heterocycles. The van der Waals surface area contributed by atoms with Crippen molar-refractivity contribution in [2.24, 2.45) is 5.73 Å². The van der Waals surface area contributed by atoms with Gasteiger partial charge in [-0.25, -0.2) is 4.79 Å². The zero-order chi connectivity index (χ0) is 24.8. The summed E-state index contributed by atoms with van der Waals surface area (Å²) in [5.41, 5.74) is 5.86. The molecule has 0 unspecified atom stereocenters. The zero-order valence-electron chi connectivity index (χ0n) is 18.3. The Balaban J connectivity index is 1.65. The quantitative estimate of drug-likeness (QED) is 0.348. The molecular weight excluding hydrogens is 464 g/mol. The van der Waals surface area contributed by atoms with Gasteiger partial charge in [0.05, 0.1) is 6.61 Å². The van der Waals surface area contributed by atoms with Crippen LogP contribution in [0.25, 0.3) is 0 Å². The van der Waals surface area contributed by atoms with Crippen LogP contribution in [-0.2, 0) is 9.53 Å². The summed E-state index contributed by atoms with van der Waals surface area (Å²) in [6.45, 7) is 2.70. The van der Waals surface area contributed by atoms with Crippen molar-refractivity contribution in [3.8, 4) is 5.75 Å². The minimum Gasteiger partial charge on any atom is -0.484 e. The number of anilines is 1. The normalized spacial score (nSPS) is 10.4. The van der Waals surface area contributed by atoms with E-state index in [2.05, 4.69) is 5.32 Å². The molecule has 2 amide bonds. The van der Waals surface area contributed by atoms with Gasteiger partial charge in [0.2, 0.25) is 5.88 Å². The third-order valence-corrected chi connectivity index (χ3v) is 4.91. The lowest BCUT2D eigenvalue weighted by molar-refractivity contribution is -0.118. The van der Waals surface area contributed by atoms with Crippen LogP contribution in [0, 0.1) is 6.92 Å². The molecule has 1 aromatic heterocycles. The summed E-state index contributed by atoms with van der Waals surface area (Å²) < 4.78 is 15.7. The molecule has 9 nitrogen and oxygen atoms in total. The number of benzene rings is 2. The predicted octanol–water partition coefficient (Wildman–Crippen LogP) is 3.77. The van der Waals surface area contributed by atoms with Crippen molar-refractivity contribution in [1.29, 1.82) is 0 Å². The van der Waals surface area contributed by atoms with Gasteiger partial charge in [-0.2, -0.15) is 0 Å². The Morgan fingerprint density at radius 3 is 2.12 bits per heavy atom. The van der Waals surface area contributed by atoms with Crippen molar-refractivity contribution < 1.29 is 33.1 Å². The van der Waals surface area contributed by atoms with E-state index < -0.39 is 24.4 Å². The molecule has 3 N–H and O–H groups in total. The lowest BCUT2D eigenvalue weighted by Gasteiger charge is -2.08. The second-order valence-corrected chi connectivity index (χ2v) is 7.46. The third-order valence-electron chi connectivity index (χ3n) is 4.66. The van der Waals surface area contributed by atoms with Crippen LogP contribution < -0.4 is 15.8 Å². The SMILES string of the molecule is CCOC(=O)c1c(C)oc(NC(=O)COc2ccc(C(=O)c3ccc(Cl)cc3)cc2)c1C(N)=O. The number of carbonyl (C=O) groups is 4. The van der Waals surface area contributed by atoms with Crippen LogP contribution in [0.3, 0.4) is 0 Å². The molecule has 0 fully saturated rings. The fraction of sp³-hybridized carbons (Fsp3) is 0.167. The number of furan rings is 1. The molecule has 0 aliphatic carbocycles. The van der Waals surface area contributed by atoms with E-state index in [1.807, 2.05) is 0 Å². The number of hydrogen-bond acceptors (Lipinski definition) is 7. The first-order chi connectivity index (χ1) is 16.2. The molecular formula is C24H21ClN2O7. The third kappa shape index (κ3) is 5.62. The minimum atomic E-state index is -0.961. The standard InChI is InChI=1S/C24H21ClN2O7/c1-3-32-24(31)19-13(2)34-23(20(19)22(26)30)27-18(28)12-33-17-10-6-15(7-11-17)21(29)14-4-8-16(25)9-5-14/h4-11H,3,12H2,1-2H3,(H2,26,30)(H,27,28). The van der Waals surface area contributed by atoms with Gasteiger partial charge in [0.25, 0.3) is 11.8 Å². The van der Waals surface area contributed by atoms with Crippen LogP contribution in [0.2, 0.25) is 5.02 Å². The molecule has 0 atom stereocenters. The number of nitrogens with one attached hydrogen (secondary N) is 1. The van der Waals surface area contributed by atoms with Gasteiger partial charge in [-0.3, -0.25) is 19.7 Å². The van der Waals surface area contributed by atoms with Gasteiger partial charge in [-0.1, -0.05) is 11.6 Å². The van der Waals surface area contributed by atoms with E-state index in [4.69, 9.17) is 31.2 Å². The molecule has 0 aliphatic rings. The number of halogens is 1. The highest BCUT2D eigenvalue weighted by molar-refractivity contribution is 6.30. The monoisotopic (exact) mass is 484 g/mol. The van der Waals surface area contributed by atoms with Gasteiger partial charge >= 0.3 is 5.97 Å². The number of amides is 2. The van der Waals surface area contributed by atoms with E-state index >= 15 is 0 Å². The van der Waals surface area contributed by atoms with Crippen LogP contribution >= 0.6 is 11.6 Å². The smallest absolute Gasteiger partial charge is 0.342 e. The van der Waals surface area contributed by atoms with Gasteiger partial charge in [0.15, 0.2) is 12.4 Å². The highest BCUT2D eigenvalue weighted by atomic mass is 35.5. The van der Waals surface area contributed by atoms with Crippen molar-refractivity contribution in [3.05, 3.63) is 81.6 Å². The van der Waals surface area contributed by atoms with E-state index in [0.29, 0.717) is 21.9 Å². The number of rotatable bonds is 9. The van der Waals surface area contributed by atoms with Crippen LogP contribution in [0.15, 0.2) is 52.9 Å². The van der Waals surface area contributed by atoms with Crippen molar-refractivity contribution in [1.82, 2.24) is 0 Å². The van der Waals surface area contributed by atoms with Gasteiger partial charge < -0.3 is 19.6 Å². The van der Waals surface area contributed by atoms with Crippen LogP contribution in [0.4, 0.5) is 5.88 Å². The first-order valence-electron chi connectivity index (χ1n) is 10.1. The maximum Gasteiger partial charge on any atom is 0.342 e. The number of hydrogen-bond donors (Lipinski definition) is 2. The average Bonchev–Trinajstić information content (AvgIpc) is 3.14. The lowest BCUT2D eigenvalue weighted by atomic mass is 10.0. The minimum absolute atomic E-state index is 0.0735. The zero-order valence-corrected chi connectivity index (χ0v) is 19.1. The Bertz CT molecular complexity index is 1230. The number of ketones is 1. The van der Waals surface area contributed by atoms with Crippen molar-refractivity contribution in [3.63, 3.8) is 0 Å². The molecule has 0 aliphatic heterocycles. The number of primary amides is 1. The van der Waals surface area contributed by atoms with Gasteiger partial charge in [-0.15, -0.1) is 0 Å². The molecule has 3 rings (SSSR count). The number of esters is 1. The molecule has 34 heavy (non-hydrogen) atoms. The second kappa shape index (κ2) is 10.7. The van der Waals surface area contributed by atoms with Gasteiger partial charge in [0.1, 0.15) is 22.6 Å². The Hall–Kier alpha value is -4.11. The molecule has 0 saturated carbocycles. The largest absolute Gasteiger partial charge is 0.484 e. The van der Waals surface area contributed by atoms with Crippen molar-refractivity contribution in [2.75, 3.05) is 18.5 Å². The first kappa shape index (κ1) is 24.5. The maximum atomic E-state index is 12.5. The Labute approximate surface area is 199 Å². The topological polar surface area (TPSA) is 138 Å². The fourth-order valence-corrected chi connectivity index (χ4v) is 3.22. The maximum absolute atomic E-state index is 12.5. The Kier molecular flexibility index (Phi) is 7.70. The predicted molar refractivity (Wildman–Crippen MR) is 123 cm³/mol. The highest BCUT2D eigenvalue weighted by Gasteiger charge is 2.29. The second-order valence-electron chi connectivity index (χ2n) is 7.02. The number of nitrogens with two attached hydrogens (primary N) is 1. The summed E-state index contributed by atoms with van der Waals surface area (Å²) in [4.78, 5) is 48.8. The average molecular weight is 485 g/mol. The first-order valence-corrected chi connectivity index (χ1v) is 10.5. The van der Waals surface area contributed by atoms with E-state index in [1.165, 1.54) is 6.92 Å². The fourth-order valence-electron chi connectivity index (χ4n) is 3.10. The summed E-state index contributed by atoms with van der Waals surface area (Å²) in [7, 11) is 0. The summed E-state index contributed by atoms with van der Waals surface area (Å²) >= 11 is 5.84. The van der Waals surface area contributed by atoms with Crippen molar-refractivity contribution >= 4 is 41.1 Å². The summed E-state index contributed by atoms with van der Waals surface area (Å²) in [5, 5.41) is 2.90. The Morgan fingerprint density at radius 1 is 0.971 bits per heavy atom. The highest BCUT2D eigenvalue weighted by Crippen LogP contribution is 2.27. The molecule has 0 spiro atoms. The van der Waals surface area contributed by atoms with Gasteiger partial charge in [-0.05, 0) is 62.4 Å². The molecule has 1 heterocycles. The van der Waals surface area contributed by atoms with Crippen LogP contribution in [0.5, 0.6) is 5.75 Å². The van der Waals surface area contributed by atoms with E-state index in [-0.39, 0.29) is 35.2 Å². The molecule has 0 bridgehead atoms. The molecule has 0 radical (unpaired) electrons. The summed E-state index contributed by atoms with van der Waals surface area (Å²) in [6, 6.07) is 12.7. The molecule has 176 valence electrons. The summed E-state index contributed by atoms with van der Waals surface area (Å²) in [6.07, 6.45) is 0. The van der Waals surface area contributed by atoms with E-state index in [1.54, 1.807) is 55.5 Å².